The summed E-state index contributed by atoms with van der Waals surface area (Å²) in [5, 5.41) is 6.30. The van der Waals surface area contributed by atoms with E-state index in [2.05, 4.69) is 22.5 Å². The lowest BCUT2D eigenvalue weighted by molar-refractivity contribution is -0.117. The van der Waals surface area contributed by atoms with Crippen molar-refractivity contribution >= 4 is 11.6 Å². The average molecular weight is 289 g/mol. The first-order valence-corrected chi connectivity index (χ1v) is 7.84. The summed E-state index contributed by atoms with van der Waals surface area (Å²) in [7, 11) is 2.01. The quantitative estimate of drug-likeness (QED) is 0.874. The highest BCUT2D eigenvalue weighted by molar-refractivity contribution is 5.92. The Kier molecular flexibility index (Phi) is 5.76. The molecule has 1 fully saturated rings. The summed E-state index contributed by atoms with van der Waals surface area (Å²) in [5.41, 5.74) is 2.08. The monoisotopic (exact) mass is 289 g/mol. The largest absolute Gasteiger partial charge is 0.325 e. The Morgan fingerprint density at radius 3 is 2.76 bits per heavy atom. The molecule has 2 rings (SSSR count). The van der Waals surface area contributed by atoms with Crippen LogP contribution in [0.25, 0.3) is 0 Å². The summed E-state index contributed by atoms with van der Waals surface area (Å²) in [6.07, 6.45) is 2.42. The molecular weight excluding hydrogens is 262 g/mol. The topological polar surface area (TPSA) is 44.4 Å². The maximum atomic E-state index is 12.1. The molecule has 1 saturated heterocycles. The Bertz CT molecular complexity index is 458. The van der Waals surface area contributed by atoms with Gasteiger partial charge in [0.05, 0.1) is 6.54 Å². The van der Waals surface area contributed by atoms with Crippen molar-refractivity contribution in [3.63, 3.8) is 0 Å². The minimum Gasteiger partial charge on any atom is -0.325 e. The van der Waals surface area contributed by atoms with E-state index in [0.717, 1.165) is 18.8 Å². The smallest absolute Gasteiger partial charge is 0.238 e. The zero-order valence-electron chi connectivity index (χ0n) is 13.4. The fraction of sp³-hybridized carbons (Fsp3) is 0.588. The molecule has 0 saturated carbocycles. The predicted octanol–water partition coefficient (Wildman–Crippen LogP) is 2.25. The summed E-state index contributed by atoms with van der Waals surface area (Å²) in [6.45, 7) is 6.78. The highest BCUT2D eigenvalue weighted by Crippen LogP contribution is 2.19. The summed E-state index contributed by atoms with van der Waals surface area (Å²) in [5.74, 6) is 0.715. The Labute approximate surface area is 127 Å². The molecule has 0 spiro atoms. The van der Waals surface area contributed by atoms with Crippen molar-refractivity contribution in [2.24, 2.45) is 5.92 Å². The molecule has 1 aliphatic heterocycles. The van der Waals surface area contributed by atoms with E-state index in [9.17, 15) is 4.79 Å². The summed E-state index contributed by atoms with van der Waals surface area (Å²) in [6, 6.07) is 8.44. The number of hydrogen-bond donors (Lipinski definition) is 2. The van der Waals surface area contributed by atoms with Crippen LogP contribution in [0, 0.1) is 12.8 Å². The molecule has 1 aromatic carbocycles. The minimum atomic E-state index is 0.0802. The second kappa shape index (κ2) is 7.57. The van der Waals surface area contributed by atoms with E-state index in [1.807, 2.05) is 38.2 Å². The molecule has 2 N–H and O–H groups in total. The van der Waals surface area contributed by atoms with Gasteiger partial charge < -0.3 is 10.6 Å². The van der Waals surface area contributed by atoms with Gasteiger partial charge >= 0.3 is 0 Å². The van der Waals surface area contributed by atoms with E-state index in [0.29, 0.717) is 18.5 Å². The number of likely N-dealkylation sites (tertiary alicyclic amines) is 1. The first kappa shape index (κ1) is 16.0. The van der Waals surface area contributed by atoms with Crippen molar-refractivity contribution < 1.29 is 4.79 Å². The molecule has 0 bridgehead atoms. The zero-order chi connectivity index (χ0) is 15.2. The number of aryl methyl sites for hydroxylation is 1. The predicted molar refractivity (Wildman–Crippen MR) is 87.5 cm³/mol. The Hall–Kier alpha value is -1.39. The van der Waals surface area contributed by atoms with Crippen LogP contribution in [0.3, 0.4) is 0 Å². The number of carbonyl (C=O) groups is 1. The van der Waals surface area contributed by atoms with Crippen LogP contribution in [0.15, 0.2) is 24.3 Å². The van der Waals surface area contributed by atoms with Gasteiger partial charge in [-0.3, -0.25) is 9.69 Å². The van der Waals surface area contributed by atoms with E-state index in [1.54, 1.807) is 0 Å². The summed E-state index contributed by atoms with van der Waals surface area (Å²) < 4.78 is 0. The second-order valence-electron chi connectivity index (χ2n) is 6.13. The van der Waals surface area contributed by atoms with Gasteiger partial charge in [0.25, 0.3) is 0 Å². The lowest BCUT2D eigenvalue weighted by Crippen LogP contribution is -2.45. The number of rotatable bonds is 5. The maximum absolute atomic E-state index is 12.1. The van der Waals surface area contributed by atoms with Crippen LogP contribution in [0.1, 0.15) is 25.3 Å². The van der Waals surface area contributed by atoms with E-state index in [4.69, 9.17) is 0 Å². The van der Waals surface area contributed by atoms with E-state index < -0.39 is 0 Å². The Morgan fingerprint density at radius 2 is 2.10 bits per heavy atom. The number of benzene rings is 1. The van der Waals surface area contributed by atoms with Crippen molar-refractivity contribution in [1.29, 1.82) is 0 Å². The third kappa shape index (κ3) is 4.83. The highest BCUT2D eigenvalue weighted by Gasteiger charge is 2.24. The van der Waals surface area contributed by atoms with Crippen LogP contribution in [-0.2, 0) is 4.79 Å². The van der Waals surface area contributed by atoms with Crippen molar-refractivity contribution in [2.45, 2.75) is 32.7 Å². The molecular formula is C17H27N3O. The standard InChI is InChI=1S/C17H27N3O/c1-13-6-8-16(9-7-13)19-17(21)12-20-10-4-5-15(11-20)14(2)18-3/h6-9,14-15,18H,4-5,10-12H2,1-3H3,(H,19,21). The van der Waals surface area contributed by atoms with Crippen LogP contribution in [0.5, 0.6) is 0 Å². The van der Waals surface area contributed by atoms with E-state index >= 15 is 0 Å². The highest BCUT2D eigenvalue weighted by atomic mass is 16.2. The van der Waals surface area contributed by atoms with Crippen molar-refractivity contribution in [3.8, 4) is 0 Å². The number of anilines is 1. The van der Waals surface area contributed by atoms with Gasteiger partial charge in [-0.25, -0.2) is 0 Å². The molecule has 116 valence electrons. The van der Waals surface area contributed by atoms with Crippen LogP contribution >= 0.6 is 0 Å². The third-order valence-electron chi connectivity index (χ3n) is 4.41. The van der Waals surface area contributed by atoms with Gasteiger partial charge in [-0.2, -0.15) is 0 Å². The molecule has 0 radical (unpaired) electrons. The lowest BCUT2D eigenvalue weighted by atomic mass is 9.92. The van der Waals surface area contributed by atoms with Gasteiger partial charge in [-0.1, -0.05) is 17.7 Å². The van der Waals surface area contributed by atoms with Gasteiger partial charge in [0, 0.05) is 18.3 Å². The lowest BCUT2D eigenvalue weighted by Gasteiger charge is -2.35. The number of amides is 1. The van der Waals surface area contributed by atoms with Crippen molar-refractivity contribution in [1.82, 2.24) is 10.2 Å². The Balaban J connectivity index is 1.83. The Morgan fingerprint density at radius 1 is 1.38 bits per heavy atom. The molecule has 0 aliphatic carbocycles. The van der Waals surface area contributed by atoms with Crippen molar-refractivity contribution in [2.75, 3.05) is 32.0 Å². The van der Waals surface area contributed by atoms with Gasteiger partial charge in [0.15, 0.2) is 0 Å². The fourth-order valence-corrected chi connectivity index (χ4v) is 2.92. The first-order valence-electron chi connectivity index (χ1n) is 7.84. The van der Waals surface area contributed by atoms with Gasteiger partial charge in [0.2, 0.25) is 5.91 Å². The van der Waals surface area contributed by atoms with Gasteiger partial charge in [-0.15, -0.1) is 0 Å². The summed E-state index contributed by atoms with van der Waals surface area (Å²) >= 11 is 0. The second-order valence-corrected chi connectivity index (χ2v) is 6.13. The van der Waals surface area contributed by atoms with Crippen LogP contribution in [-0.4, -0.2) is 43.5 Å². The molecule has 4 heteroatoms. The first-order chi connectivity index (χ1) is 10.1. The zero-order valence-corrected chi connectivity index (χ0v) is 13.4. The van der Waals surface area contributed by atoms with Gasteiger partial charge in [-0.05, 0) is 58.3 Å². The van der Waals surface area contributed by atoms with Crippen LogP contribution in [0.4, 0.5) is 5.69 Å². The fourth-order valence-electron chi connectivity index (χ4n) is 2.92. The molecule has 1 amide bonds. The maximum Gasteiger partial charge on any atom is 0.238 e. The minimum absolute atomic E-state index is 0.0802. The van der Waals surface area contributed by atoms with Crippen LogP contribution < -0.4 is 10.6 Å². The van der Waals surface area contributed by atoms with E-state index in [-0.39, 0.29) is 5.91 Å². The molecule has 0 aromatic heterocycles. The molecule has 21 heavy (non-hydrogen) atoms. The number of hydrogen-bond acceptors (Lipinski definition) is 3. The van der Waals surface area contributed by atoms with Gasteiger partial charge in [0.1, 0.15) is 0 Å². The number of nitrogens with zero attached hydrogens (tertiary/aromatic N) is 1. The third-order valence-corrected chi connectivity index (χ3v) is 4.41. The number of nitrogens with one attached hydrogen (secondary N) is 2. The number of piperidine rings is 1. The molecule has 2 atom stereocenters. The average Bonchev–Trinajstić information content (AvgIpc) is 2.49. The molecule has 4 nitrogen and oxygen atoms in total. The molecule has 1 aromatic rings. The van der Waals surface area contributed by atoms with E-state index in [1.165, 1.54) is 18.4 Å². The number of carbonyl (C=O) groups excluding carboxylic acids is 1. The van der Waals surface area contributed by atoms with Crippen LogP contribution in [0.2, 0.25) is 0 Å². The SMILES string of the molecule is CNC(C)C1CCCN(CC(=O)Nc2ccc(C)cc2)C1. The molecule has 1 aliphatic rings. The normalized spacial score (nSPS) is 21.0. The molecule has 1 heterocycles. The molecule has 2 unspecified atom stereocenters. The summed E-state index contributed by atoms with van der Waals surface area (Å²) in [4.78, 5) is 14.4. The van der Waals surface area contributed by atoms with Crippen molar-refractivity contribution in [3.05, 3.63) is 29.8 Å².